The van der Waals surface area contributed by atoms with Gasteiger partial charge in [0.05, 0.1) is 12.2 Å². The molecule has 0 unspecified atom stereocenters. The quantitative estimate of drug-likeness (QED) is 0.571. The van der Waals surface area contributed by atoms with Gasteiger partial charge >= 0.3 is 0 Å². The zero-order chi connectivity index (χ0) is 13.2. The Balaban J connectivity index is 1.95. The molecular formula is C16H33NO. The average molecular weight is 255 g/mol. The highest BCUT2D eigenvalue weighted by Gasteiger charge is 2.19. The summed E-state index contributed by atoms with van der Waals surface area (Å²) in [5.74, 6) is 0. The fraction of sp³-hybridized carbons (Fsp3) is 1.00. The van der Waals surface area contributed by atoms with Gasteiger partial charge in [0.2, 0.25) is 0 Å². The summed E-state index contributed by atoms with van der Waals surface area (Å²) in [4.78, 5) is 2.63. The number of unbranched alkanes of at least 4 members (excludes halogenated alkanes) is 5. The van der Waals surface area contributed by atoms with Gasteiger partial charge < -0.3 is 9.64 Å². The van der Waals surface area contributed by atoms with E-state index < -0.39 is 0 Å². The maximum Gasteiger partial charge on any atom is 0.0603 e. The van der Waals surface area contributed by atoms with E-state index in [4.69, 9.17) is 4.74 Å². The van der Waals surface area contributed by atoms with Gasteiger partial charge in [-0.25, -0.2) is 0 Å². The lowest BCUT2D eigenvalue weighted by atomic mass is 10.1. The summed E-state index contributed by atoms with van der Waals surface area (Å²) in [5.41, 5.74) is 0. The lowest BCUT2D eigenvalue weighted by Crippen LogP contribution is -2.38. The number of hydrogen-bond donors (Lipinski definition) is 0. The molecule has 0 bridgehead atoms. The minimum absolute atomic E-state index is 0.389. The summed E-state index contributed by atoms with van der Waals surface area (Å²) in [6.45, 7) is 10.4. The van der Waals surface area contributed by atoms with Gasteiger partial charge in [-0.15, -0.1) is 0 Å². The van der Waals surface area contributed by atoms with Crippen LogP contribution in [-0.2, 0) is 4.74 Å². The van der Waals surface area contributed by atoms with Crippen LogP contribution in [0.4, 0.5) is 0 Å². The maximum absolute atomic E-state index is 5.88. The minimum Gasteiger partial charge on any atom is -0.375 e. The van der Waals surface area contributed by atoms with Gasteiger partial charge in [0, 0.05) is 13.1 Å². The van der Waals surface area contributed by atoms with E-state index >= 15 is 0 Å². The van der Waals surface area contributed by atoms with Gasteiger partial charge in [-0.2, -0.15) is 0 Å². The number of ether oxygens (including phenoxy) is 1. The topological polar surface area (TPSA) is 12.5 Å². The molecule has 0 aromatic carbocycles. The van der Waals surface area contributed by atoms with Crippen molar-refractivity contribution in [2.45, 2.75) is 84.3 Å². The molecule has 0 aromatic heterocycles. The molecule has 0 radical (unpaired) electrons. The molecule has 1 rings (SSSR count). The van der Waals surface area contributed by atoms with Crippen molar-refractivity contribution < 1.29 is 4.74 Å². The lowest BCUT2D eigenvalue weighted by molar-refractivity contribution is -0.0268. The number of rotatable bonds is 9. The second-order valence-corrected chi connectivity index (χ2v) is 5.99. The number of piperidine rings is 1. The van der Waals surface area contributed by atoms with E-state index in [2.05, 4.69) is 25.7 Å². The Labute approximate surface area is 114 Å². The Hall–Kier alpha value is -0.0800. The number of likely N-dealkylation sites (tertiary alicyclic amines) is 1. The van der Waals surface area contributed by atoms with Gasteiger partial charge in [0.15, 0.2) is 0 Å². The van der Waals surface area contributed by atoms with Crippen molar-refractivity contribution in [1.29, 1.82) is 0 Å². The third-order valence-corrected chi connectivity index (χ3v) is 3.83. The Morgan fingerprint density at radius 1 is 1.00 bits per heavy atom. The second kappa shape index (κ2) is 9.80. The van der Waals surface area contributed by atoms with E-state index in [1.165, 1.54) is 71.0 Å². The molecule has 0 N–H and O–H groups in total. The third kappa shape index (κ3) is 7.38. The standard InChI is InChI=1S/C16H33NO/c1-4-5-6-7-8-9-12-17-13-10-16(11-14-17)18-15(2)3/h15-16H,4-14H2,1-3H3. The van der Waals surface area contributed by atoms with Crippen molar-refractivity contribution in [3.05, 3.63) is 0 Å². The smallest absolute Gasteiger partial charge is 0.0603 e. The SMILES string of the molecule is CCCCCCCCN1CCC(OC(C)C)CC1. The van der Waals surface area contributed by atoms with Gasteiger partial charge in [-0.1, -0.05) is 39.0 Å². The summed E-state index contributed by atoms with van der Waals surface area (Å²) in [5, 5.41) is 0. The fourth-order valence-electron chi connectivity index (χ4n) is 2.77. The molecule has 1 heterocycles. The molecule has 0 atom stereocenters. The molecule has 0 spiro atoms. The molecule has 2 heteroatoms. The van der Waals surface area contributed by atoms with Gasteiger partial charge in [-0.3, -0.25) is 0 Å². The first-order valence-corrected chi connectivity index (χ1v) is 8.10. The lowest BCUT2D eigenvalue weighted by Gasteiger charge is -2.32. The highest BCUT2D eigenvalue weighted by molar-refractivity contribution is 4.73. The predicted molar refractivity (Wildman–Crippen MR) is 79.1 cm³/mol. The summed E-state index contributed by atoms with van der Waals surface area (Å²) >= 11 is 0. The van der Waals surface area contributed by atoms with Crippen LogP contribution in [0.5, 0.6) is 0 Å². The minimum atomic E-state index is 0.389. The molecule has 1 fully saturated rings. The Bertz CT molecular complexity index is 186. The van der Waals surface area contributed by atoms with Crippen LogP contribution >= 0.6 is 0 Å². The second-order valence-electron chi connectivity index (χ2n) is 5.99. The first-order chi connectivity index (χ1) is 8.72. The Morgan fingerprint density at radius 2 is 1.61 bits per heavy atom. The normalized spacial score (nSPS) is 18.7. The summed E-state index contributed by atoms with van der Waals surface area (Å²) in [7, 11) is 0. The van der Waals surface area contributed by atoms with Crippen molar-refractivity contribution >= 4 is 0 Å². The largest absolute Gasteiger partial charge is 0.375 e. The van der Waals surface area contributed by atoms with Gasteiger partial charge in [-0.05, 0) is 39.7 Å². The van der Waals surface area contributed by atoms with Crippen LogP contribution in [0.25, 0.3) is 0 Å². The molecule has 0 saturated carbocycles. The zero-order valence-corrected chi connectivity index (χ0v) is 12.8. The highest BCUT2D eigenvalue weighted by Crippen LogP contribution is 2.16. The van der Waals surface area contributed by atoms with E-state index in [-0.39, 0.29) is 0 Å². The molecule has 18 heavy (non-hydrogen) atoms. The first-order valence-electron chi connectivity index (χ1n) is 8.10. The average Bonchev–Trinajstić information content (AvgIpc) is 2.35. The first kappa shape index (κ1) is 16.0. The van der Waals surface area contributed by atoms with E-state index in [1.54, 1.807) is 0 Å². The fourth-order valence-corrected chi connectivity index (χ4v) is 2.77. The molecular weight excluding hydrogens is 222 g/mol. The molecule has 0 aliphatic carbocycles. The van der Waals surface area contributed by atoms with Crippen LogP contribution in [0.1, 0.15) is 72.1 Å². The van der Waals surface area contributed by atoms with Crippen LogP contribution in [0.3, 0.4) is 0 Å². The molecule has 1 saturated heterocycles. The molecule has 1 aliphatic heterocycles. The molecule has 0 amide bonds. The molecule has 2 nitrogen and oxygen atoms in total. The Morgan fingerprint density at radius 3 is 2.22 bits per heavy atom. The van der Waals surface area contributed by atoms with Crippen molar-refractivity contribution in [3.63, 3.8) is 0 Å². The van der Waals surface area contributed by atoms with Crippen LogP contribution in [0.2, 0.25) is 0 Å². The van der Waals surface area contributed by atoms with Crippen molar-refractivity contribution in [1.82, 2.24) is 4.90 Å². The van der Waals surface area contributed by atoms with E-state index in [9.17, 15) is 0 Å². The van der Waals surface area contributed by atoms with Crippen molar-refractivity contribution in [3.8, 4) is 0 Å². The van der Waals surface area contributed by atoms with Crippen LogP contribution in [-0.4, -0.2) is 36.7 Å². The summed E-state index contributed by atoms with van der Waals surface area (Å²) in [6, 6.07) is 0. The third-order valence-electron chi connectivity index (χ3n) is 3.83. The number of nitrogens with zero attached hydrogens (tertiary/aromatic N) is 1. The molecule has 0 aromatic rings. The van der Waals surface area contributed by atoms with Crippen LogP contribution < -0.4 is 0 Å². The van der Waals surface area contributed by atoms with Crippen LogP contribution in [0, 0.1) is 0 Å². The zero-order valence-electron chi connectivity index (χ0n) is 12.8. The van der Waals surface area contributed by atoms with E-state index in [0.29, 0.717) is 12.2 Å². The van der Waals surface area contributed by atoms with Gasteiger partial charge in [0.1, 0.15) is 0 Å². The number of hydrogen-bond acceptors (Lipinski definition) is 2. The monoisotopic (exact) mass is 255 g/mol. The highest BCUT2D eigenvalue weighted by atomic mass is 16.5. The van der Waals surface area contributed by atoms with Crippen molar-refractivity contribution in [2.24, 2.45) is 0 Å². The molecule has 108 valence electrons. The maximum atomic E-state index is 5.88. The van der Waals surface area contributed by atoms with Crippen LogP contribution in [0.15, 0.2) is 0 Å². The Kier molecular flexibility index (Phi) is 8.70. The summed E-state index contributed by atoms with van der Waals surface area (Å²) in [6.07, 6.45) is 11.8. The summed E-state index contributed by atoms with van der Waals surface area (Å²) < 4.78 is 5.88. The van der Waals surface area contributed by atoms with Gasteiger partial charge in [0.25, 0.3) is 0 Å². The predicted octanol–water partition coefficient (Wildman–Crippen LogP) is 4.24. The molecule has 1 aliphatic rings. The van der Waals surface area contributed by atoms with E-state index in [1.807, 2.05) is 0 Å². The van der Waals surface area contributed by atoms with E-state index in [0.717, 1.165) is 0 Å². The van der Waals surface area contributed by atoms with Crippen molar-refractivity contribution in [2.75, 3.05) is 19.6 Å².